The van der Waals surface area contributed by atoms with Crippen LogP contribution < -0.4 is 11.1 Å². The number of hydrogen-bond donors (Lipinski definition) is 2. The Kier molecular flexibility index (Phi) is 6.03. The van der Waals surface area contributed by atoms with Crippen LogP contribution in [0.3, 0.4) is 0 Å². The second-order valence-corrected chi connectivity index (χ2v) is 3.55. The van der Waals surface area contributed by atoms with Gasteiger partial charge in [-0.05, 0) is 18.4 Å². The number of carbonyl (C=O) groups is 1. The highest BCUT2D eigenvalue weighted by Crippen LogP contribution is 2.00. The third-order valence-electron chi connectivity index (χ3n) is 2.16. The predicted molar refractivity (Wildman–Crippen MR) is 61.6 cm³/mol. The number of quaternary nitrogens is 1. The van der Waals surface area contributed by atoms with E-state index < -0.39 is 0 Å². The van der Waals surface area contributed by atoms with Gasteiger partial charge in [0.05, 0.1) is 6.54 Å². The van der Waals surface area contributed by atoms with Gasteiger partial charge in [-0.2, -0.15) is 0 Å². The minimum absolute atomic E-state index is 0.321. The molecule has 1 rings (SSSR count). The molecular weight excluding hydrogens is 204 g/mol. The Bertz CT molecular complexity index is 301. The normalized spacial score (nSPS) is 9.81. The molecule has 0 aromatic heterocycles. The second-order valence-electron chi connectivity index (χ2n) is 3.55. The number of alkyl carbamates (subject to hydrolysis) is 1. The van der Waals surface area contributed by atoms with Crippen LogP contribution in [0.15, 0.2) is 30.3 Å². The van der Waals surface area contributed by atoms with Gasteiger partial charge in [-0.3, -0.25) is 0 Å². The first-order valence-corrected chi connectivity index (χ1v) is 5.56. The summed E-state index contributed by atoms with van der Waals surface area (Å²) in [6.07, 6.45) is 1.62. The van der Waals surface area contributed by atoms with E-state index in [0.717, 1.165) is 24.9 Å². The quantitative estimate of drug-likeness (QED) is 0.705. The third-order valence-corrected chi connectivity index (χ3v) is 2.16. The fraction of sp³-hybridized carbons (Fsp3) is 0.417. The average molecular weight is 223 g/mol. The maximum Gasteiger partial charge on any atom is 0.407 e. The van der Waals surface area contributed by atoms with Gasteiger partial charge in [0, 0.05) is 6.54 Å². The van der Waals surface area contributed by atoms with Crippen molar-refractivity contribution >= 4 is 6.09 Å². The first-order valence-electron chi connectivity index (χ1n) is 5.56. The van der Waals surface area contributed by atoms with E-state index in [1.165, 1.54) is 0 Å². The zero-order valence-corrected chi connectivity index (χ0v) is 9.45. The number of unbranched alkanes of at least 4 members (excludes halogenated alkanes) is 1. The standard InChI is InChI=1S/C12H18N2O2/c13-8-4-5-9-14-12(15)16-10-11-6-2-1-3-7-11/h1-3,6-7H,4-5,8-10,13H2,(H,14,15)/p+1. The molecule has 0 aliphatic rings. The molecule has 0 bridgehead atoms. The van der Waals surface area contributed by atoms with E-state index in [9.17, 15) is 4.79 Å². The summed E-state index contributed by atoms with van der Waals surface area (Å²) >= 11 is 0. The molecule has 88 valence electrons. The molecule has 0 saturated heterocycles. The molecule has 16 heavy (non-hydrogen) atoms. The van der Waals surface area contributed by atoms with Crippen LogP contribution in [0.25, 0.3) is 0 Å². The van der Waals surface area contributed by atoms with Crippen molar-refractivity contribution in [3.63, 3.8) is 0 Å². The van der Waals surface area contributed by atoms with Crippen molar-refractivity contribution in [2.45, 2.75) is 19.4 Å². The number of nitrogens with one attached hydrogen (secondary N) is 1. The molecule has 0 unspecified atom stereocenters. The Morgan fingerprint density at radius 1 is 1.25 bits per heavy atom. The molecule has 0 fully saturated rings. The van der Waals surface area contributed by atoms with Crippen LogP contribution in [0.4, 0.5) is 4.79 Å². The summed E-state index contributed by atoms with van der Waals surface area (Å²) in [4.78, 5) is 11.2. The lowest BCUT2D eigenvalue weighted by atomic mass is 10.2. The van der Waals surface area contributed by atoms with Crippen molar-refractivity contribution in [1.29, 1.82) is 0 Å². The summed E-state index contributed by atoms with van der Waals surface area (Å²) in [5.74, 6) is 0. The van der Waals surface area contributed by atoms with E-state index in [2.05, 4.69) is 11.1 Å². The van der Waals surface area contributed by atoms with Gasteiger partial charge < -0.3 is 15.8 Å². The van der Waals surface area contributed by atoms with E-state index >= 15 is 0 Å². The summed E-state index contributed by atoms with van der Waals surface area (Å²) in [7, 11) is 0. The van der Waals surface area contributed by atoms with Gasteiger partial charge in [0.1, 0.15) is 6.61 Å². The highest BCUT2D eigenvalue weighted by molar-refractivity contribution is 5.67. The molecular formula is C12H19N2O2+. The number of benzene rings is 1. The molecule has 0 saturated carbocycles. The van der Waals surface area contributed by atoms with Gasteiger partial charge in [-0.15, -0.1) is 0 Å². The maximum atomic E-state index is 11.2. The van der Waals surface area contributed by atoms with Crippen LogP contribution >= 0.6 is 0 Å². The molecule has 1 aromatic carbocycles. The average Bonchev–Trinajstić information content (AvgIpc) is 2.33. The Morgan fingerprint density at radius 2 is 2.00 bits per heavy atom. The van der Waals surface area contributed by atoms with Gasteiger partial charge in [-0.1, -0.05) is 30.3 Å². The SMILES string of the molecule is [NH3+]CCCCNC(=O)OCc1ccccc1. The predicted octanol–water partition coefficient (Wildman–Crippen LogP) is 0.935. The molecule has 0 heterocycles. The van der Waals surface area contributed by atoms with Gasteiger partial charge in [0.25, 0.3) is 0 Å². The van der Waals surface area contributed by atoms with E-state index in [1.807, 2.05) is 30.3 Å². The number of ether oxygens (including phenoxy) is 1. The molecule has 4 heteroatoms. The molecule has 0 atom stereocenters. The van der Waals surface area contributed by atoms with E-state index in [0.29, 0.717) is 13.2 Å². The van der Waals surface area contributed by atoms with Gasteiger partial charge in [0.15, 0.2) is 0 Å². The Morgan fingerprint density at radius 3 is 2.69 bits per heavy atom. The van der Waals surface area contributed by atoms with Crippen LogP contribution in [-0.2, 0) is 11.3 Å². The zero-order valence-electron chi connectivity index (χ0n) is 9.45. The van der Waals surface area contributed by atoms with E-state index in [4.69, 9.17) is 4.74 Å². The minimum atomic E-state index is -0.354. The molecule has 1 aromatic rings. The number of hydrogen-bond acceptors (Lipinski definition) is 2. The fourth-order valence-electron chi connectivity index (χ4n) is 1.27. The van der Waals surface area contributed by atoms with E-state index in [1.54, 1.807) is 0 Å². The van der Waals surface area contributed by atoms with E-state index in [-0.39, 0.29) is 6.09 Å². The van der Waals surface area contributed by atoms with Crippen molar-refractivity contribution < 1.29 is 15.3 Å². The molecule has 1 amide bonds. The summed E-state index contributed by atoms with van der Waals surface area (Å²) in [5.41, 5.74) is 4.73. The molecule has 0 aliphatic heterocycles. The Balaban J connectivity index is 2.11. The van der Waals surface area contributed by atoms with Crippen LogP contribution in [0.1, 0.15) is 18.4 Å². The molecule has 4 nitrogen and oxygen atoms in total. The largest absolute Gasteiger partial charge is 0.445 e. The summed E-state index contributed by atoms with van der Waals surface area (Å²) in [5, 5.41) is 2.70. The molecule has 0 spiro atoms. The highest BCUT2D eigenvalue weighted by atomic mass is 16.5. The monoisotopic (exact) mass is 223 g/mol. The lowest BCUT2D eigenvalue weighted by Gasteiger charge is -2.06. The molecule has 4 N–H and O–H groups in total. The zero-order chi connectivity index (χ0) is 11.6. The fourth-order valence-corrected chi connectivity index (χ4v) is 1.27. The molecule has 0 aliphatic carbocycles. The van der Waals surface area contributed by atoms with Gasteiger partial charge >= 0.3 is 6.09 Å². The van der Waals surface area contributed by atoms with Crippen molar-refractivity contribution in [2.75, 3.05) is 13.1 Å². The summed E-state index contributed by atoms with van der Waals surface area (Å²) in [6.45, 7) is 1.88. The Hall–Kier alpha value is -1.55. The van der Waals surface area contributed by atoms with Crippen molar-refractivity contribution in [3.8, 4) is 0 Å². The first kappa shape index (κ1) is 12.5. The lowest BCUT2D eigenvalue weighted by Crippen LogP contribution is -2.50. The first-order chi connectivity index (χ1) is 7.83. The number of amides is 1. The number of rotatable bonds is 6. The Labute approximate surface area is 95.8 Å². The minimum Gasteiger partial charge on any atom is -0.445 e. The second kappa shape index (κ2) is 7.70. The van der Waals surface area contributed by atoms with Crippen LogP contribution in [0.2, 0.25) is 0 Å². The van der Waals surface area contributed by atoms with Crippen LogP contribution in [0, 0.1) is 0 Å². The van der Waals surface area contributed by atoms with Crippen LogP contribution in [-0.4, -0.2) is 19.2 Å². The van der Waals surface area contributed by atoms with Gasteiger partial charge in [-0.25, -0.2) is 4.79 Å². The molecule has 0 radical (unpaired) electrons. The number of carbonyl (C=O) groups excluding carboxylic acids is 1. The maximum absolute atomic E-state index is 11.2. The topological polar surface area (TPSA) is 66.0 Å². The van der Waals surface area contributed by atoms with Gasteiger partial charge in [0.2, 0.25) is 0 Å². The highest BCUT2D eigenvalue weighted by Gasteiger charge is 2.00. The third kappa shape index (κ3) is 5.36. The van der Waals surface area contributed by atoms with Crippen molar-refractivity contribution in [3.05, 3.63) is 35.9 Å². The summed E-state index contributed by atoms with van der Waals surface area (Å²) < 4.78 is 5.04. The van der Waals surface area contributed by atoms with Crippen LogP contribution in [0.5, 0.6) is 0 Å². The smallest absolute Gasteiger partial charge is 0.407 e. The summed E-state index contributed by atoms with van der Waals surface area (Å²) in [6, 6.07) is 9.63. The van der Waals surface area contributed by atoms with Crippen molar-refractivity contribution in [1.82, 2.24) is 5.32 Å². The lowest BCUT2D eigenvalue weighted by molar-refractivity contribution is -0.368. The van der Waals surface area contributed by atoms with Crippen molar-refractivity contribution in [2.24, 2.45) is 0 Å².